The van der Waals surface area contributed by atoms with Crippen LogP contribution in [0.2, 0.25) is 0 Å². The quantitative estimate of drug-likeness (QED) is 0.605. The number of nitrogens with two attached hydrogens (primary N) is 1. The molecule has 1 atom stereocenters. The highest BCUT2D eigenvalue weighted by Gasteiger charge is 2.09. The molecular weight excluding hydrogens is 173 g/mol. The van der Waals surface area contributed by atoms with Gasteiger partial charge in [-0.25, -0.2) is 4.39 Å². The Morgan fingerprint density at radius 3 is 2.54 bits per heavy atom. The first-order valence-electron chi connectivity index (χ1n) is 3.96. The highest BCUT2D eigenvalue weighted by Crippen LogP contribution is 2.29. The van der Waals surface area contributed by atoms with Crippen molar-refractivity contribution in [1.29, 1.82) is 0 Å². The van der Waals surface area contributed by atoms with E-state index in [0.29, 0.717) is 12.0 Å². The van der Waals surface area contributed by atoms with Crippen LogP contribution in [-0.2, 0) is 6.42 Å². The Bertz CT molecular complexity index is 289. The summed E-state index contributed by atoms with van der Waals surface area (Å²) in [6, 6.07) is 2.36. The van der Waals surface area contributed by atoms with Crippen LogP contribution in [0.25, 0.3) is 0 Å². The summed E-state index contributed by atoms with van der Waals surface area (Å²) in [5.74, 6) is -1.99. The van der Waals surface area contributed by atoms with E-state index >= 15 is 0 Å². The monoisotopic (exact) mass is 185 g/mol. The summed E-state index contributed by atoms with van der Waals surface area (Å²) in [7, 11) is 0. The number of halogens is 1. The van der Waals surface area contributed by atoms with Gasteiger partial charge in [0.1, 0.15) is 0 Å². The molecule has 0 saturated carbocycles. The zero-order valence-electron chi connectivity index (χ0n) is 7.29. The van der Waals surface area contributed by atoms with Gasteiger partial charge in [0.15, 0.2) is 17.3 Å². The molecule has 4 heteroatoms. The Morgan fingerprint density at radius 1 is 1.46 bits per heavy atom. The smallest absolute Gasteiger partial charge is 0.194 e. The molecule has 0 amide bonds. The molecule has 13 heavy (non-hydrogen) atoms. The zero-order chi connectivity index (χ0) is 10.0. The van der Waals surface area contributed by atoms with Gasteiger partial charge in [-0.15, -0.1) is 0 Å². The second-order valence-electron chi connectivity index (χ2n) is 3.13. The molecule has 0 aliphatic rings. The number of rotatable bonds is 2. The Labute approximate surface area is 75.6 Å². The van der Waals surface area contributed by atoms with Crippen LogP contribution < -0.4 is 5.73 Å². The van der Waals surface area contributed by atoms with E-state index in [9.17, 15) is 4.39 Å². The molecule has 0 aliphatic heterocycles. The molecule has 1 aromatic carbocycles. The minimum atomic E-state index is -0.823. The third-order valence-corrected chi connectivity index (χ3v) is 1.66. The molecule has 0 bridgehead atoms. The van der Waals surface area contributed by atoms with Crippen molar-refractivity contribution in [3.8, 4) is 11.5 Å². The zero-order valence-corrected chi connectivity index (χ0v) is 7.29. The van der Waals surface area contributed by atoms with Crippen molar-refractivity contribution in [1.82, 2.24) is 0 Å². The van der Waals surface area contributed by atoms with Gasteiger partial charge in [0.2, 0.25) is 0 Å². The Morgan fingerprint density at radius 2 is 2.08 bits per heavy atom. The molecule has 0 aliphatic carbocycles. The predicted molar refractivity (Wildman–Crippen MR) is 47.1 cm³/mol. The largest absolute Gasteiger partial charge is 0.504 e. The fourth-order valence-electron chi connectivity index (χ4n) is 1.13. The van der Waals surface area contributed by atoms with Crippen LogP contribution in [-0.4, -0.2) is 16.3 Å². The van der Waals surface area contributed by atoms with Gasteiger partial charge < -0.3 is 15.9 Å². The van der Waals surface area contributed by atoms with Gasteiger partial charge in [-0.05, 0) is 31.0 Å². The van der Waals surface area contributed by atoms with Crippen molar-refractivity contribution in [2.75, 3.05) is 0 Å². The van der Waals surface area contributed by atoms with E-state index in [4.69, 9.17) is 15.9 Å². The number of hydrogen-bond acceptors (Lipinski definition) is 3. The molecule has 1 aromatic rings. The highest BCUT2D eigenvalue weighted by atomic mass is 19.1. The van der Waals surface area contributed by atoms with Crippen molar-refractivity contribution in [2.45, 2.75) is 19.4 Å². The molecular formula is C9H12FNO2. The van der Waals surface area contributed by atoms with Crippen LogP contribution in [0.1, 0.15) is 12.5 Å². The lowest BCUT2D eigenvalue weighted by atomic mass is 10.1. The molecule has 0 aromatic heterocycles. The summed E-state index contributed by atoms with van der Waals surface area (Å²) >= 11 is 0. The average molecular weight is 185 g/mol. The Kier molecular flexibility index (Phi) is 2.72. The fourth-order valence-corrected chi connectivity index (χ4v) is 1.13. The SMILES string of the molecule is CC(N)Cc1cc(O)c(O)c(F)c1. The van der Waals surface area contributed by atoms with Crippen LogP contribution in [0, 0.1) is 5.82 Å². The number of phenolic OH excluding ortho intramolecular Hbond substituents is 2. The van der Waals surface area contributed by atoms with Gasteiger partial charge in [-0.1, -0.05) is 0 Å². The number of phenols is 2. The summed E-state index contributed by atoms with van der Waals surface area (Å²) in [5, 5.41) is 18.0. The van der Waals surface area contributed by atoms with Gasteiger partial charge in [0.25, 0.3) is 0 Å². The van der Waals surface area contributed by atoms with Gasteiger partial charge in [0, 0.05) is 6.04 Å². The van der Waals surface area contributed by atoms with Gasteiger partial charge in [-0.2, -0.15) is 0 Å². The highest BCUT2D eigenvalue weighted by molar-refractivity contribution is 5.42. The fraction of sp³-hybridized carbons (Fsp3) is 0.333. The van der Waals surface area contributed by atoms with Gasteiger partial charge in [-0.3, -0.25) is 0 Å². The van der Waals surface area contributed by atoms with E-state index in [0.717, 1.165) is 0 Å². The molecule has 0 heterocycles. The molecule has 0 spiro atoms. The van der Waals surface area contributed by atoms with Crippen LogP contribution in [0.4, 0.5) is 4.39 Å². The lowest BCUT2D eigenvalue weighted by Crippen LogP contribution is -2.17. The molecule has 0 radical (unpaired) electrons. The molecule has 0 saturated heterocycles. The van der Waals surface area contributed by atoms with E-state index in [1.54, 1.807) is 6.92 Å². The van der Waals surface area contributed by atoms with E-state index < -0.39 is 17.3 Å². The number of aromatic hydroxyl groups is 2. The van der Waals surface area contributed by atoms with E-state index in [2.05, 4.69) is 0 Å². The maximum absolute atomic E-state index is 12.8. The number of hydrogen-bond donors (Lipinski definition) is 3. The van der Waals surface area contributed by atoms with E-state index in [1.807, 2.05) is 0 Å². The third kappa shape index (κ3) is 2.32. The maximum Gasteiger partial charge on any atom is 0.194 e. The second kappa shape index (κ2) is 3.62. The minimum absolute atomic E-state index is 0.108. The summed E-state index contributed by atoms with van der Waals surface area (Å²) in [5.41, 5.74) is 6.07. The van der Waals surface area contributed by atoms with Crippen LogP contribution >= 0.6 is 0 Å². The molecule has 72 valence electrons. The summed E-state index contributed by atoms with van der Waals surface area (Å²) in [6.07, 6.45) is 0.463. The average Bonchev–Trinajstić information content (AvgIpc) is 1.98. The second-order valence-corrected chi connectivity index (χ2v) is 3.13. The van der Waals surface area contributed by atoms with Crippen molar-refractivity contribution < 1.29 is 14.6 Å². The standard InChI is InChI=1S/C9H12FNO2/c1-5(11)2-6-3-7(10)9(13)8(12)4-6/h3-5,12-13H,2,11H2,1H3. The van der Waals surface area contributed by atoms with Gasteiger partial charge >= 0.3 is 0 Å². The van der Waals surface area contributed by atoms with Crippen LogP contribution in [0.5, 0.6) is 11.5 Å². The lowest BCUT2D eigenvalue weighted by Gasteiger charge is -2.07. The summed E-state index contributed by atoms with van der Waals surface area (Å²) in [6.45, 7) is 1.78. The third-order valence-electron chi connectivity index (χ3n) is 1.66. The summed E-state index contributed by atoms with van der Waals surface area (Å²) < 4.78 is 12.8. The minimum Gasteiger partial charge on any atom is -0.504 e. The molecule has 1 unspecified atom stereocenters. The normalized spacial score (nSPS) is 12.8. The topological polar surface area (TPSA) is 66.5 Å². The van der Waals surface area contributed by atoms with Crippen molar-refractivity contribution >= 4 is 0 Å². The lowest BCUT2D eigenvalue weighted by molar-refractivity contribution is 0.378. The molecule has 0 fully saturated rings. The Balaban J connectivity index is 2.99. The Hall–Kier alpha value is -1.29. The first-order valence-corrected chi connectivity index (χ1v) is 3.96. The van der Waals surface area contributed by atoms with E-state index in [1.165, 1.54) is 12.1 Å². The molecule has 4 N–H and O–H groups in total. The van der Waals surface area contributed by atoms with Crippen molar-refractivity contribution in [2.24, 2.45) is 5.73 Å². The van der Waals surface area contributed by atoms with Crippen molar-refractivity contribution in [3.63, 3.8) is 0 Å². The van der Waals surface area contributed by atoms with Gasteiger partial charge in [0.05, 0.1) is 0 Å². The van der Waals surface area contributed by atoms with Crippen LogP contribution in [0.15, 0.2) is 12.1 Å². The first-order chi connectivity index (χ1) is 6.00. The maximum atomic E-state index is 12.8. The molecule has 3 nitrogen and oxygen atoms in total. The predicted octanol–water partition coefficient (Wildman–Crippen LogP) is 1.13. The van der Waals surface area contributed by atoms with E-state index in [-0.39, 0.29) is 6.04 Å². The van der Waals surface area contributed by atoms with Crippen molar-refractivity contribution in [3.05, 3.63) is 23.5 Å². The molecule has 1 rings (SSSR count). The first kappa shape index (κ1) is 9.80. The van der Waals surface area contributed by atoms with Crippen LogP contribution in [0.3, 0.4) is 0 Å². The summed E-state index contributed by atoms with van der Waals surface area (Å²) in [4.78, 5) is 0. The number of benzene rings is 1.